The third-order valence-electron chi connectivity index (χ3n) is 2.87. The van der Waals surface area contributed by atoms with Crippen LogP contribution in [0.2, 0.25) is 0 Å². The van der Waals surface area contributed by atoms with E-state index in [0.717, 1.165) is 11.3 Å². The highest BCUT2D eigenvalue weighted by Gasteiger charge is 2.27. The molecular formula is C14H17NO4. The van der Waals surface area contributed by atoms with Crippen LogP contribution < -0.4 is 10.1 Å². The summed E-state index contributed by atoms with van der Waals surface area (Å²) < 4.78 is 10.1. The molecule has 0 spiro atoms. The van der Waals surface area contributed by atoms with Gasteiger partial charge in [-0.25, -0.2) is 4.79 Å². The Labute approximate surface area is 111 Å². The molecule has 1 fully saturated rings. The molecule has 19 heavy (non-hydrogen) atoms. The lowest BCUT2D eigenvalue weighted by Gasteiger charge is -2.09. The number of nitrogens with one attached hydrogen (secondary N) is 1. The van der Waals surface area contributed by atoms with Crippen LogP contribution in [0.5, 0.6) is 5.75 Å². The van der Waals surface area contributed by atoms with Crippen molar-refractivity contribution in [3.8, 4) is 5.75 Å². The Bertz CT molecular complexity index is 455. The van der Waals surface area contributed by atoms with E-state index in [2.05, 4.69) is 5.32 Å². The maximum Gasteiger partial charge on any atom is 0.328 e. The summed E-state index contributed by atoms with van der Waals surface area (Å²) in [5, 5.41) is 2.67. The molecule has 1 N–H and O–H groups in total. The molecule has 1 heterocycles. The van der Waals surface area contributed by atoms with Gasteiger partial charge in [-0.05, 0) is 24.6 Å². The van der Waals surface area contributed by atoms with Crippen molar-refractivity contribution in [2.45, 2.75) is 25.8 Å². The fourth-order valence-electron chi connectivity index (χ4n) is 1.93. The lowest BCUT2D eigenvalue weighted by Crippen LogP contribution is -2.38. The second kappa shape index (κ2) is 6.22. The molecule has 0 aliphatic carbocycles. The molecule has 1 aliphatic rings. The molecule has 1 aromatic rings. The molecule has 0 saturated carbocycles. The fraction of sp³-hybridized carbons (Fsp3) is 0.429. The second-order valence-corrected chi connectivity index (χ2v) is 4.33. The molecule has 0 unspecified atom stereocenters. The summed E-state index contributed by atoms with van der Waals surface area (Å²) in [5.74, 6) is 0.263. The summed E-state index contributed by atoms with van der Waals surface area (Å²) in [4.78, 5) is 23.0. The standard InChI is InChI=1S/C14H17NO4/c1-2-18-11-5-3-10(4-6-11)9-13(16)15-12-7-8-19-14(12)17/h3-6,12H,2,7-9H2,1H3,(H,15,16)/t12-/m0/s1. The first kappa shape index (κ1) is 13.4. The number of benzene rings is 1. The SMILES string of the molecule is CCOc1ccc(CC(=O)N[C@H]2CCOC2=O)cc1. The van der Waals surface area contributed by atoms with Gasteiger partial charge in [-0.1, -0.05) is 12.1 Å². The lowest BCUT2D eigenvalue weighted by atomic mass is 10.1. The topological polar surface area (TPSA) is 64.6 Å². The van der Waals surface area contributed by atoms with Crippen LogP contribution in [0.4, 0.5) is 0 Å². The Kier molecular flexibility index (Phi) is 4.39. The minimum Gasteiger partial charge on any atom is -0.494 e. The average molecular weight is 263 g/mol. The van der Waals surface area contributed by atoms with Crippen LogP contribution in [0.25, 0.3) is 0 Å². The van der Waals surface area contributed by atoms with Crippen LogP contribution in [0, 0.1) is 0 Å². The van der Waals surface area contributed by atoms with Crippen LogP contribution in [0.3, 0.4) is 0 Å². The maximum absolute atomic E-state index is 11.8. The highest BCUT2D eigenvalue weighted by molar-refractivity contribution is 5.86. The third kappa shape index (κ3) is 3.71. The zero-order chi connectivity index (χ0) is 13.7. The van der Waals surface area contributed by atoms with Crippen LogP contribution >= 0.6 is 0 Å². The van der Waals surface area contributed by atoms with Crippen molar-refractivity contribution in [1.29, 1.82) is 0 Å². The molecular weight excluding hydrogens is 246 g/mol. The number of carbonyl (C=O) groups is 2. The van der Waals surface area contributed by atoms with Crippen molar-refractivity contribution in [2.75, 3.05) is 13.2 Å². The van der Waals surface area contributed by atoms with Gasteiger partial charge in [0.25, 0.3) is 0 Å². The molecule has 102 valence electrons. The van der Waals surface area contributed by atoms with Crippen LogP contribution in [-0.4, -0.2) is 31.1 Å². The number of hydrogen-bond acceptors (Lipinski definition) is 4. The first-order valence-corrected chi connectivity index (χ1v) is 6.37. The molecule has 1 atom stereocenters. The maximum atomic E-state index is 11.8. The number of ether oxygens (including phenoxy) is 2. The number of carbonyl (C=O) groups excluding carboxylic acids is 2. The summed E-state index contributed by atoms with van der Waals surface area (Å²) >= 11 is 0. The van der Waals surface area contributed by atoms with E-state index in [1.807, 2.05) is 31.2 Å². The predicted molar refractivity (Wildman–Crippen MR) is 68.8 cm³/mol. The van der Waals surface area contributed by atoms with Crippen LogP contribution in [-0.2, 0) is 20.7 Å². The van der Waals surface area contributed by atoms with Crippen molar-refractivity contribution in [3.63, 3.8) is 0 Å². The summed E-state index contributed by atoms with van der Waals surface area (Å²) in [6, 6.07) is 6.86. The van der Waals surface area contributed by atoms with Crippen molar-refractivity contribution in [2.24, 2.45) is 0 Å². The van der Waals surface area contributed by atoms with E-state index in [-0.39, 0.29) is 18.3 Å². The summed E-state index contributed by atoms with van der Waals surface area (Å²) in [5.41, 5.74) is 0.882. The molecule has 0 aromatic heterocycles. The van der Waals surface area contributed by atoms with E-state index in [9.17, 15) is 9.59 Å². The van der Waals surface area contributed by atoms with Gasteiger partial charge < -0.3 is 14.8 Å². The van der Waals surface area contributed by atoms with Gasteiger partial charge in [0, 0.05) is 6.42 Å². The quantitative estimate of drug-likeness (QED) is 0.807. The molecule has 0 bridgehead atoms. The first-order chi connectivity index (χ1) is 9.19. The highest BCUT2D eigenvalue weighted by atomic mass is 16.5. The Morgan fingerprint density at radius 1 is 1.42 bits per heavy atom. The summed E-state index contributed by atoms with van der Waals surface area (Å²) in [6.07, 6.45) is 0.796. The Balaban J connectivity index is 1.86. The van der Waals surface area contributed by atoms with Gasteiger partial charge in [-0.3, -0.25) is 4.79 Å². The van der Waals surface area contributed by atoms with E-state index in [4.69, 9.17) is 9.47 Å². The van der Waals surface area contributed by atoms with Gasteiger partial charge in [-0.15, -0.1) is 0 Å². The molecule has 1 saturated heterocycles. The van der Waals surface area contributed by atoms with Gasteiger partial charge in [0.05, 0.1) is 19.6 Å². The van der Waals surface area contributed by atoms with E-state index in [0.29, 0.717) is 19.6 Å². The van der Waals surface area contributed by atoms with Gasteiger partial charge in [0.2, 0.25) is 5.91 Å². The van der Waals surface area contributed by atoms with Crippen LogP contribution in [0.15, 0.2) is 24.3 Å². The van der Waals surface area contributed by atoms with E-state index >= 15 is 0 Å². The average Bonchev–Trinajstić information content (AvgIpc) is 2.78. The monoisotopic (exact) mass is 263 g/mol. The van der Waals surface area contributed by atoms with Gasteiger partial charge >= 0.3 is 5.97 Å². The summed E-state index contributed by atoms with van der Waals surface area (Å²) in [7, 11) is 0. The first-order valence-electron chi connectivity index (χ1n) is 6.37. The van der Waals surface area contributed by atoms with Gasteiger partial charge in [-0.2, -0.15) is 0 Å². The van der Waals surface area contributed by atoms with Crippen molar-refractivity contribution in [1.82, 2.24) is 5.32 Å². The Morgan fingerprint density at radius 2 is 2.16 bits per heavy atom. The van der Waals surface area contributed by atoms with Gasteiger partial charge in [0.15, 0.2) is 0 Å². The smallest absolute Gasteiger partial charge is 0.328 e. The van der Waals surface area contributed by atoms with E-state index in [1.165, 1.54) is 0 Å². The fourth-order valence-corrected chi connectivity index (χ4v) is 1.93. The van der Waals surface area contributed by atoms with Crippen LogP contribution in [0.1, 0.15) is 18.9 Å². The largest absolute Gasteiger partial charge is 0.494 e. The molecule has 5 heteroatoms. The van der Waals surface area contributed by atoms with Gasteiger partial charge in [0.1, 0.15) is 11.8 Å². The predicted octanol–water partition coefficient (Wildman–Crippen LogP) is 1.06. The molecule has 1 amide bonds. The number of esters is 1. The zero-order valence-corrected chi connectivity index (χ0v) is 10.8. The second-order valence-electron chi connectivity index (χ2n) is 4.33. The number of amides is 1. The number of rotatable bonds is 5. The minimum atomic E-state index is -0.491. The van der Waals surface area contributed by atoms with Crippen molar-refractivity contribution < 1.29 is 19.1 Å². The minimum absolute atomic E-state index is 0.173. The molecule has 0 radical (unpaired) electrons. The number of hydrogen-bond donors (Lipinski definition) is 1. The van der Waals surface area contributed by atoms with E-state index < -0.39 is 6.04 Å². The lowest BCUT2D eigenvalue weighted by molar-refractivity contribution is -0.141. The highest BCUT2D eigenvalue weighted by Crippen LogP contribution is 2.13. The molecule has 1 aromatic carbocycles. The molecule has 5 nitrogen and oxygen atoms in total. The van der Waals surface area contributed by atoms with E-state index in [1.54, 1.807) is 0 Å². The Morgan fingerprint density at radius 3 is 2.74 bits per heavy atom. The normalized spacial score (nSPS) is 17.9. The third-order valence-corrected chi connectivity index (χ3v) is 2.87. The Hall–Kier alpha value is -2.04. The van der Waals surface area contributed by atoms with Crippen molar-refractivity contribution in [3.05, 3.63) is 29.8 Å². The summed E-state index contributed by atoms with van der Waals surface area (Å²) in [6.45, 7) is 2.92. The number of cyclic esters (lactones) is 1. The zero-order valence-electron chi connectivity index (χ0n) is 10.8. The van der Waals surface area contributed by atoms with Crippen molar-refractivity contribution >= 4 is 11.9 Å². The molecule has 2 rings (SSSR count). The molecule has 1 aliphatic heterocycles.